The van der Waals surface area contributed by atoms with Gasteiger partial charge in [0.2, 0.25) is 0 Å². The van der Waals surface area contributed by atoms with Gasteiger partial charge in [0, 0.05) is 7.11 Å². The molecule has 0 aliphatic carbocycles. The van der Waals surface area contributed by atoms with Crippen LogP contribution < -0.4 is 0 Å². The van der Waals surface area contributed by atoms with Gasteiger partial charge in [-0.1, -0.05) is 0 Å². The van der Waals surface area contributed by atoms with Crippen LogP contribution in [-0.4, -0.2) is 12.9 Å². The molecule has 0 aliphatic heterocycles. The zero-order chi connectivity index (χ0) is 5.91. The monoisotopic (exact) mass is 231 g/mol. The minimum Gasteiger partial charge on any atom is -0.410 e. The highest BCUT2D eigenvalue weighted by Gasteiger charge is 2.16. The van der Waals surface area contributed by atoms with E-state index in [1.807, 2.05) is 0 Å². The van der Waals surface area contributed by atoms with Crippen molar-refractivity contribution in [3.8, 4) is 0 Å². The van der Waals surface area contributed by atoms with Crippen LogP contribution in [0.2, 0.25) is 13.1 Å². The molecule has 0 heterocycles. The second-order valence-electron chi connectivity index (χ2n) is 1.66. The molecule has 0 radical (unpaired) electrons. The fourth-order valence-corrected chi connectivity index (χ4v) is 0.776. The first-order valence-electron chi connectivity index (χ1n) is 1.99. The van der Waals surface area contributed by atoms with Crippen LogP contribution in [0.1, 0.15) is 0 Å². The first-order chi connectivity index (χ1) is 3.12. The van der Waals surface area contributed by atoms with E-state index in [0.717, 1.165) is 0 Å². The van der Waals surface area contributed by atoms with Crippen molar-refractivity contribution in [3.63, 3.8) is 0 Å². The fraction of sp³-hybridized carbons (Fsp3) is 1.00. The molecule has 7 heavy (non-hydrogen) atoms. The van der Waals surface area contributed by atoms with Crippen molar-refractivity contribution in [3.05, 3.63) is 0 Å². The lowest BCUT2D eigenvalue weighted by Gasteiger charge is -2.09. The molecule has 0 aliphatic rings. The Labute approximate surface area is 54.4 Å². The minimum atomic E-state index is -1.37. The molecular weight excluding hydrogens is 221 g/mol. The molecule has 4 heteroatoms. The molecule has 0 aromatic heterocycles. The van der Waals surface area contributed by atoms with Crippen molar-refractivity contribution in [2.75, 3.05) is 7.11 Å². The van der Waals surface area contributed by atoms with Crippen molar-refractivity contribution < 1.29 is 4.43 Å². The van der Waals surface area contributed by atoms with E-state index in [2.05, 4.69) is 13.1 Å². The van der Waals surface area contributed by atoms with Gasteiger partial charge in [-0.05, 0) is 33.3 Å². The first-order valence-corrected chi connectivity index (χ1v) is 9.09. The summed E-state index contributed by atoms with van der Waals surface area (Å²) in [6, 6.07) is 0. The zero-order valence-corrected chi connectivity index (χ0v) is 7.94. The predicted molar refractivity (Wildman–Crippen MR) is 41.2 cm³/mol. The Balaban J connectivity index is 3.58. The first kappa shape index (κ1) is 7.71. The van der Waals surface area contributed by atoms with E-state index in [9.17, 15) is 0 Å². The summed E-state index contributed by atoms with van der Waals surface area (Å²) in [5, 5.41) is 0. The molecule has 0 rings (SSSR count). The second kappa shape index (κ2) is 2.88. The Morgan fingerprint density at radius 2 is 2.00 bits per heavy atom. The molecule has 0 spiro atoms. The van der Waals surface area contributed by atoms with Crippen molar-refractivity contribution in [2.45, 2.75) is 13.1 Å². The van der Waals surface area contributed by atoms with Gasteiger partial charge in [0.25, 0.3) is 5.81 Å². The van der Waals surface area contributed by atoms with E-state index in [4.69, 9.17) is 7.99 Å². The maximum Gasteiger partial charge on any atom is 0.266 e. The second-order valence-corrected chi connectivity index (χ2v) is 14.4. The van der Waals surface area contributed by atoms with Gasteiger partial charge in [-0.15, -0.1) is 0 Å². The van der Waals surface area contributed by atoms with Gasteiger partial charge in [-0.2, -0.15) is 0 Å². The molecule has 0 saturated heterocycles. The fourth-order valence-electron chi connectivity index (χ4n) is 0.0386. The van der Waals surface area contributed by atoms with E-state index >= 15 is 0 Å². The third-order valence-electron chi connectivity index (χ3n) is 0.713. The molecule has 0 bridgehead atoms. The Kier molecular flexibility index (Phi) is 3.17. The molecule has 1 N–H and O–H groups in total. The summed E-state index contributed by atoms with van der Waals surface area (Å²) in [4.78, 5) is 0. The number of rotatable bonds is 2. The van der Waals surface area contributed by atoms with Crippen molar-refractivity contribution >= 4 is 26.1 Å². The van der Waals surface area contributed by atoms with Crippen LogP contribution in [0.25, 0.3) is 0 Å². The summed E-state index contributed by atoms with van der Waals surface area (Å²) in [5.74, 6) is -1.37. The molecule has 0 fully saturated rings. The van der Waals surface area contributed by atoms with Crippen molar-refractivity contribution in [1.29, 1.82) is 3.56 Å². The third kappa shape index (κ3) is 3.30. The van der Waals surface area contributed by atoms with Crippen LogP contribution in [0.4, 0.5) is 0 Å². The Morgan fingerprint density at radius 1 is 1.57 bits per heavy atom. The van der Waals surface area contributed by atoms with E-state index < -0.39 is 5.81 Å². The molecule has 44 valence electrons. The van der Waals surface area contributed by atoms with Gasteiger partial charge in [0.15, 0.2) is 0 Å². The molecule has 0 atom stereocenters. The summed E-state index contributed by atoms with van der Waals surface area (Å²) in [6.45, 7) is 4.15. The van der Waals surface area contributed by atoms with Crippen LogP contribution in [0.5, 0.6) is 0 Å². The number of halogens is 1. The molecular formula is C3H10INOSi. The molecule has 2 nitrogen and oxygen atoms in total. The van der Waals surface area contributed by atoms with Gasteiger partial charge in [-0.3, -0.25) is 3.56 Å². The van der Waals surface area contributed by atoms with E-state index in [1.165, 1.54) is 0 Å². The van der Waals surface area contributed by atoms with Crippen LogP contribution in [0.15, 0.2) is 0 Å². The lowest BCUT2D eigenvalue weighted by molar-refractivity contribution is 0.427. The lowest BCUT2D eigenvalue weighted by atomic mass is 11.8. The number of hydrogen-bond acceptors (Lipinski definition) is 2. The maximum absolute atomic E-state index is 7.05. The summed E-state index contributed by atoms with van der Waals surface area (Å²) in [5.41, 5.74) is 0. The Morgan fingerprint density at radius 3 is 2.00 bits per heavy atom. The SMILES string of the molecule is CO[Si](C)(C)I=N. The Hall–Kier alpha value is 0.707. The lowest BCUT2D eigenvalue weighted by Crippen LogP contribution is -2.18. The van der Waals surface area contributed by atoms with Crippen LogP contribution in [0.3, 0.4) is 0 Å². The largest absolute Gasteiger partial charge is 0.410 e. The van der Waals surface area contributed by atoms with E-state index in [1.54, 1.807) is 7.11 Å². The highest BCUT2D eigenvalue weighted by Crippen LogP contribution is 2.17. The summed E-state index contributed by atoms with van der Waals surface area (Å²) in [6.07, 6.45) is 0. The predicted octanol–water partition coefficient (Wildman–Crippen LogP) is 2.07. The van der Waals surface area contributed by atoms with Gasteiger partial charge in [0.1, 0.15) is 0 Å². The summed E-state index contributed by atoms with van der Waals surface area (Å²) >= 11 is -0.372. The normalized spacial score (nSPS) is 11.9. The van der Waals surface area contributed by atoms with Gasteiger partial charge >= 0.3 is 0 Å². The smallest absolute Gasteiger partial charge is 0.266 e. The average Bonchev–Trinajstić information content (AvgIpc) is 1.68. The van der Waals surface area contributed by atoms with Crippen LogP contribution >= 0.6 is 20.2 Å². The third-order valence-corrected chi connectivity index (χ3v) is 7.36. The number of hydrogen-bond donors (Lipinski definition) is 1. The summed E-state index contributed by atoms with van der Waals surface area (Å²) in [7, 11) is 1.71. The van der Waals surface area contributed by atoms with E-state index in [-0.39, 0.29) is 20.2 Å². The standard InChI is InChI=1S/C3H10INOSi/c1-6-7(2,3)4-5/h5H,1-3H3. The average molecular weight is 231 g/mol. The molecule has 0 unspecified atom stereocenters. The quantitative estimate of drug-likeness (QED) is 0.440. The molecule has 0 amide bonds. The zero-order valence-electron chi connectivity index (χ0n) is 4.79. The van der Waals surface area contributed by atoms with Gasteiger partial charge < -0.3 is 4.43 Å². The van der Waals surface area contributed by atoms with Gasteiger partial charge in [0.05, 0.1) is 0 Å². The van der Waals surface area contributed by atoms with Crippen molar-refractivity contribution in [1.82, 2.24) is 0 Å². The molecule has 0 aromatic carbocycles. The number of nitrogens with one attached hydrogen (secondary N) is 1. The Bertz CT molecular complexity index is 75.3. The minimum absolute atomic E-state index is 0.372. The van der Waals surface area contributed by atoms with Crippen LogP contribution in [-0.2, 0) is 4.43 Å². The van der Waals surface area contributed by atoms with Gasteiger partial charge in [-0.25, -0.2) is 0 Å². The van der Waals surface area contributed by atoms with Crippen LogP contribution in [0, 0.1) is 3.56 Å². The van der Waals surface area contributed by atoms with E-state index in [0.29, 0.717) is 0 Å². The maximum atomic E-state index is 7.05. The highest BCUT2D eigenvalue weighted by atomic mass is 127. The van der Waals surface area contributed by atoms with Crippen molar-refractivity contribution in [2.24, 2.45) is 0 Å². The molecule has 0 aromatic rings. The molecule has 0 saturated carbocycles. The topological polar surface area (TPSA) is 33.1 Å². The summed E-state index contributed by atoms with van der Waals surface area (Å²) < 4.78 is 12.1. The highest BCUT2D eigenvalue weighted by molar-refractivity contribution is 14.2.